The third-order valence-electron chi connectivity index (χ3n) is 5.90. The number of carbonyl (C=O) groups is 1. The van der Waals surface area contributed by atoms with Crippen LogP contribution >= 0.6 is 0 Å². The minimum absolute atomic E-state index is 0.161. The lowest BCUT2D eigenvalue weighted by molar-refractivity contribution is -0.143. The number of rotatable bonds is 7. The molecule has 0 bridgehead atoms. The highest BCUT2D eigenvalue weighted by Crippen LogP contribution is 2.33. The number of aryl methyl sites for hydroxylation is 1. The van der Waals surface area contributed by atoms with E-state index in [4.69, 9.17) is 9.47 Å². The van der Waals surface area contributed by atoms with E-state index in [0.717, 1.165) is 24.0 Å². The van der Waals surface area contributed by atoms with Gasteiger partial charge in [0.05, 0.1) is 18.4 Å². The third kappa shape index (κ3) is 4.58. The molecule has 0 amide bonds. The van der Waals surface area contributed by atoms with Crippen molar-refractivity contribution in [2.75, 3.05) is 18.1 Å². The molecule has 2 aliphatic rings. The lowest BCUT2D eigenvalue weighted by Crippen LogP contribution is -2.31. The van der Waals surface area contributed by atoms with E-state index < -0.39 is 0 Å². The lowest BCUT2D eigenvalue weighted by Gasteiger charge is -2.32. The van der Waals surface area contributed by atoms with Crippen molar-refractivity contribution in [3.05, 3.63) is 58.7 Å². The number of ether oxygens (including phenoxy) is 2. The first-order valence-electron chi connectivity index (χ1n) is 10.7. The van der Waals surface area contributed by atoms with E-state index in [1.807, 2.05) is 11.0 Å². The molecular weight excluding hydrogens is 388 g/mol. The quantitative estimate of drug-likeness (QED) is 0.600. The van der Waals surface area contributed by atoms with Crippen molar-refractivity contribution in [2.24, 2.45) is 0 Å². The van der Waals surface area contributed by atoms with E-state index >= 15 is 0 Å². The molecule has 0 spiro atoms. The van der Waals surface area contributed by atoms with Crippen LogP contribution in [0, 0.1) is 11.6 Å². The van der Waals surface area contributed by atoms with Crippen molar-refractivity contribution < 1.29 is 23.0 Å². The van der Waals surface area contributed by atoms with E-state index in [1.165, 1.54) is 18.6 Å². The van der Waals surface area contributed by atoms with Crippen molar-refractivity contribution in [1.82, 2.24) is 0 Å². The molecule has 30 heavy (non-hydrogen) atoms. The maximum Gasteiger partial charge on any atom is 0.306 e. The normalized spacial score (nSPS) is 16.0. The average Bonchev–Trinajstić information content (AvgIpc) is 2.70. The van der Waals surface area contributed by atoms with Gasteiger partial charge in [-0.2, -0.15) is 0 Å². The van der Waals surface area contributed by atoms with Crippen LogP contribution in [0.1, 0.15) is 49.3 Å². The Morgan fingerprint density at radius 1 is 1.13 bits per heavy atom. The van der Waals surface area contributed by atoms with Gasteiger partial charge in [0.25, 0.3) is 0 Å². The zero-order valence-electron chi connectivity index (χ0n) is 17.3. The Morgan fingerprint density at radius 2 is 1.97 bits per heavy atom. The molecule has 0 aromatic heterocycles. The molecular formula is C24H27F2NO3. The molecule has 2 aromatic rings. The molecule has 2 aromatic carbocycles. The van der Waals surface area contributed by atoms with Gasteiger partial charge in [-0.15, -0.1) is 0 Å². The van der Waals surface area contributed by atoms with Crippen molar-refractivity contribution in [3.8, 4) is 5.75 Å². The van der Waals surface area contributed by atoms with E-state index in [2.05, 4.69) is 0 Å². The zero-order valence-corrected chi connectivity index (χ0v) is 17.3. The summed E-state index contributed by atoms with van der Waals surface area (Å²) in [5.41, 5.74) is 2.92. The van der Waals surface area contributed by atoms with Crippen molar-refractivity contribution >= 4 is 11.7 Å². The highest BCUT2D eigenvalue weighted by atomic mass is 19.1. The van der Waals surface area contributed by atoms with Gasteiger partial charge in [-0.05, 0) is 73.9 Å². The molecule has 1 heterocycles. The third-order valence-corrected chi connectivity index (χ3v) is 5.90. The van der Waals surface area contributed by atoms with Crippen LogP contribution in [0.2, 0.25) is 0 Å². The molecule has 0 radical (unpaired) electrons. The van der Waals surface area contributed by atoms with Gasteiger partial charge in [-0.3, -0.25) is 4.79 Å². The Labute approximate surface area is 175 Å². The lowest BCUT2D eigenvalue weighted by atomic mass is 9.94. The van der Waals surface area contributed by atoms with E-state index in [1.54, 1.807) is 19.1 Å². The number of halogens is 2. The predicted octanol–water partition coefficient (Wildman–Crippen LogP) is 4.95. The Morgan fingerprint density at radius 3 is 2.70 bits per heavy atom. The largest absolute Gasteiger partial charge is 0.490 e. The highest BCUT2D eigenvalue weighted by molar-refractivity contribution is 5.69. The molecule has 0 atom stereocenters. The van der Waals surface area contributed by atoms with Crippen LogP contribution in [-0.4, -0.2) is 25.2 Å². The first-order chi connectivity index (χ1) is 14.5. The maximum atomic E-state index is 14.6. The first-order valence-corrected chi connectivity index (χ1v) is 10.7. The number of nitrogens with zero attached hydrogens (tertiary/aromatic N) is 1. The van der Waals surface area contributed by atoms with Crippen LogP contribution < -0.4 is 9.64 Å². The fourth-order valence-electron chi connectivity index (χ4n) is 3.99. The topological polar surface area (TPSA) is 38.8 Å². The van der Waals surface area contributed by atoms with Crippen LogP contribution in [0.3, 0.4) is 0 Å². The Balaban J connectivity index is 1.47. The van der Waals surface area contributed by atoms with Gasteiger partial charge < -0.3 is 14.4 Å². The summed E-state index contributed by atoms with van der Waals surface area (Å²) in [6.07, 6.45) is 4.66. The van der Waals surface area contributed by atoms with Gasteiger partial charge in [-0.1, -0.05) is 6.07 Å². The molecule has 0 unspecified atom stereocenters. The van der Waals surface area contributed by atoms with Crippen LogP contribution in [-0.2, 0) is 28.9 Å². The summed E-state index contributed by atoms with van der Waals surface area (Å²) in [6.45, 7) is 3.15. The smallest absolute Gasteiger partial charge is 0.306 e. The molecule has 0 N–H and O–H groups in total. The molecule has 1 saturated carbocycles. The van der Waals surface area contributed by atoms with Crippen LogP contribution in [0.4, 0.5) is 14.5 Å². The number of hydrogen-bond donors (Lipinski definition) is 0. The van der Waals surface area contributed by atoms with Crippen LogP contribution in [0.25, 0.3) is 0 Å². The van der Waals surface area contributed by atoms with Crippen LogP contribution in [0.15, 0.2) is 30.3 Å². The molecule has 1 fully saturated rings. The second-order valence-corrected chi connectivity index (χ2v) is 7.97. The van der Waals surface area contributed by atoms with Gasteiger partial charge in [-0.25, -0.2) is 8.78 Å². The second kappa shape index (κ2) is 9.02. The summed E-state index contributed by atoms with van der Waals surface area (Å²) in [4.78, 5) is 13.5. The van der Waals surface area contributed by atoms with E-state index in [9.17, 15) is 13.6 Å². The summed E-state index contributed by atoms with van der Waals surface area (Å²) in [5, 5.41) is 0. The number of hydrogen-bond acceptors (Lipinski definition) is 4. The summed E-state index contributed by atoms with van der Waals surface area (Å²) in [7, 11) is 0. The fourth-order valence-corrected chi connectivity index (χ4v) is 3.99. The Kier molecular flexibility index (Phi) is 6.21. The molecule has 4 rings (SSSR count). The monoisotopic (exact) mass is 415 g/mol. The Hall–Kier alpha value is -2.63. The SMILES string of the molecule is CCOC(=O)CCc1cc2c(cc1F)CN(c1cc(OC3CCC3)ccc1F)CC2. The fraction of sp³-hybridized carbons (Fsp3) is 0.458. The first kappa shape index (κ1) is 20.6. The van der Waals surface area contributed by atoms with Gasteiger partial charge in [0, 0.05) is 25.6 Å². The summed E-state index contributed by atoms with van der Waals surface area (Å²) >= 11 is 0. The van der Waals surface area contributed by atoms with E-state index in [-0.39, 0.29) is 30.1 Å². The number of fused-ring (bicyclic) bond motifs is 1. The minimum Gasteiger partial charge on any atom is -0.490 e. The molecule has 4 nitrogen and oxygen atoms in total. The number of anilines is 1. The van der Waals surface area contributed by atoms with Crippen molar-refractivity contribution in [2.45, 2.75) is 58.1 Å². The van der Waals surface area contributed by atoms with Crippen LogP contribution in [0.5, 0.6) is 5.75 Å². The molecule has 1 aliphatic heterocycles. The number of esters is 1. The molecule has 1 aliphatic carbocycles. The average molecular weight is 415 g/mol. The summed E-state index contributed by atoms with van der Waals surface area (Å²) in [5.74, 6) is -0.268. The van der Waals surface area contributed by atoms with Gasteiger partial charge in [0.1, 0.15) is 17.4 Å². The molecule has 6 heteroatoms. The minimum atomic E-state index is -0.331. The molecule has 0 saturated heterocycles. The predicted molar refractivity (Wildman–Crippen MR) is 111 cm³/mol. The number of carbonyl (C=O) groups excluding carboxylic acids is 1. The second-order valence-electron chi connectivity index (χ2n) is 7.97. The van der Waals surface area contributed by atoms with Gasteiger partial charge in [0.2, 0.25) is 0 Å². The summed E-state index contributed by atoms with van der Waals surface area (Å²) < 4.78 is 40.0. The van der Waals surface area contributed by atoms with E-state index in [0.29, 0.717) is 49.5 Å². The standard InChI is InChI=1S/C24H27F2NO3/c1-2-29-24(28)9-6-17-12-16-10-11-27(15-18(16)13-22(17)26)23-14-20(7-8-21(23)25)30-19-4-3-5-19/h7-8,12-14,19H,2-6,9-11,15H2,1H3. The molecule has 160 valence electrons. The summed E-state index contributed by atoms with van der Waals surface area (Å²) in [6, 6.07) is 8.23. The number of benzene rings is 2. The van der Waals surface area contributed by atoms with Crippen molar-refractivity contribution in [3.63, 3.8) is 0 Å². The van der Waals surface area contributed by atoms with Gasteiger partial charge >= 0.3 is 5.97 Å². The Bertz CT molecular complexity index is 927. The van der Waals surface area contributed by atoms with Gasteiger partial charge in [0.15, 0.2) is 0 Å². The van der Waals surface area contributed by atoms with Crippen molar-refractivity contribution in [1.29, 1.82) is 0 Å². The maximum absolute atomic E-state index is 14.6. The zero-order chi connectivity index (χ0) is 21.1. The highest BCUT2D eigenvalue weighted by Gasteiger charge is 2.23.